The highest BCUT2D eigenvalue weighted by molar-refractivity contribution is 7.98. The lowest BCUT2D eigenvalue weighted by atomic mass is 10.2. The van der Waals surface area contributed by atoms with Gasteiger partial charge in [-0.3, -0.25) is 10.1 Å². The third kappa shape index (κ3) is 11.0. The van der Waals surface area contributed by atoms with Gasteiger partial charge in [0.25, 0.3) is 6.20 Å². The molecule has 0 aliphatic rings. The molecule has 0 fully saturated rings. The van der Waals surface area contributed by atoms with E-state index >= 15 is 0 Å². The summed E-state index contributed by atoms with van der Waals surface area (Å²) in [6.45, 7) is 2.77. The first-order valence-electron chi connectivity index (χ1n) is 7.02. The minimum absolute atomic E-state index is 0.432. The average molecular weight is 326 g/mol. The molecule has 0 unspecified atom stereocenters. The van der Waals surface area contributed by atoms with E-state index in [2.05, 4.69) is 47.1 Å². The molecule has 0 bridgehead atoms. The number of aryl methyl sites for hydroxylation is 1. The van der Waals surface area contributed by atoms with Gasteiger partial charge < -0.3 is 16.0 Å². The second-order valence-corrected chi connectivity index (χ2v) is 5.65. The van der Waals surface area contributed by atoms with Gasteiger partial charge in [-0.1, -0.05) is 29.8 Å². The normalized spacial score (nSPS) is 10.5. The van der Waals surface area contributed by atoms with E-state index in [4.69, 9.17) is 0 Å². The lowest BCUT2D eigenvalue weighted by Gasteiger charge is -2.07. The molecule has 1 rings (SSSR count). The molecule has 0 amide bonds. The maximum Gasteiger partial charge on any atom is 0.274 e. The first kappa shape index (κ1) is 20.3. The molecule has 1 aromatic carbocycles. The largest absolute Gasteiger partial charge is 0.370 e. The zero-order valence-corrected chi connectivity index (χ0v) is 14.5. The van der Waals surface area contributed by atoms with E-state index in [-0.39, 0.29) is 0 Å². The van der Waals surface area contributed by atoms with E-state index in [1.54, 1.807) is 18.8 Å². The SMILES string of the molecule is CNC.CNC(=C[N+](=O)[O-])NCCSCc1cccc(C)c1. The molecule has 0 atom stereocenters. The van der Waals surface area contributed by atoms with Crippen molar-refractivity contribution in [2.75, 3.05) is 33.4 Å². The standard InChI is InChI=1S/C13H19N3O2S.C2H7N/c1-11-4-3-5-12(8-11)10-19-7-6-15-13(14-2)9-16(17)18;1-3-2/h3-5,8-9,14-15H,6-7,10H2,1-2H3;3H,1-2H3. The Hall–Kier alpha value is -1.73. The fourth-order valence-electron chi connectivity index (χ4n) is 1.55. The Kier molecular flexibility index (Phi) is 11.9. The van der Waals surface area contributed by atoms with Gasteiger partial charge in [0.05, 0.1) is 4.92 Å². The molecule has 0 radical (unpaired) electrons. The molecule has 0 saturated carbocycles. The molecule has 0 spiro atoms. The zero-order valence-electron chi connectivity index (χ0n) is 13.7. The quantitative estimate of drug-likeness (QED) is 0.385. The van der Waals surface area contributed by atoms with Crippen LogP contribution >= 0.6 is 11.8 Å². The monoisotopic (exact) mass is 326 g/mol. The first-order chi connectivity index (χ1) is 10.5. The van der Waals surface area contributed by atoms with Crippen molar-refractivity contribution in [3.63, 3.8) is 0 Å². The summed E-state index contributed by atoms with van der Waals surface area (Å²) in [5.74, 6) is 2.28. The minimum Gasteiger partial charge on any atom is -0.370 e. The zero-order chi connectivity index (χ0) is 16.8. The highest BCUT2D eigenvalue weighted by Crippen LogP contribution is 2.12. The van der Waals surface area contributed by atoms with Crippen LogP contribution in [0, 0.1) is 17.0 Å². The van der Waals surface area contributed by atoms with Crippen LogP contribution < -0.4 is 16.0 Å². The maximum absolute atomic E-state index is 10.3. The Bertz CT molecular complexity index is 467. The molecule has 22 heavy (non-hydrogen) atoms. The Balaban J connectivity index is 0.00000135. The summed E-state index contributed by atoms with van der Waals surface area (Å²) < 4.78 is 0. The second kappa shape index (κ2) is 13.0. The number of benzene rings is 1. The van der Waals surface area contributed by atoms with Crippen LogP contribution in [0.3, 0.4) is 0 Å². The molecule has 3 N–H and O–H groups in total. The predicted molar refractivity (Wildman–Crippen MR) is 94.5 cm³/mol. The van der Waals surface area contributed by atoms with Gasteiger partial charge in [0.1, 0.15) is 0 Å². The molecule has 124 valence electrons. The van der Waals surface area contributed by atoms with E-state index in [1.165, 1.54) is 11.1 Å². The Morgan fingerprint density at radius 3 is 2.59 bits per heavy atom. The first-order valence-corrected chi connectivity index (χ1v) is 8.17. The Morgan fingerprint density at radius 1 is 1.36 bits per heavy atom. The summed E-state index contributed by atoms with van der Waals surface area (Å²) in [5, 5.41) is 18.8. The van der Waals surface area contributed by atoms with Crippen LogP contribution in [0.4, 0.5) is 0 Å². The van der Waals surface area contributed by atoms with Gasteiger partial charge in [-0.2, -0.15) is 11.8 Å². The lowest BCUT2D eigenvalue weighted by molar-refractivity contribution is -0.404. The second-order valence-electron chi connectivity index (χ2n) is 4.55. The van der Waals surface area contributed by atoms with Gasteiger partial charge in [0.2, 0.25) is 0 Å². The summed E-state index contributed by atoms with van der Waals surface area (Å²) in [6, 6.07) is 8.42. The van der Waals surface area contributed by atoms with Crippen molar-refractivity contribution >= 4 is 11.8 Å². The summed E-state index contributed by atoms with van der Waals surface area (Å²) in [6.07, 6.45) is 0.936. The highest BCUT2D eigenvalue weighted by Gasteiger charge is 1.99. The molecule has 0 saturated heterocycles. The third-order valence-corrected chi connectivity index (χ3v) is 3.45. The number of rotatable bonds is 8. The topological polar surface area (TPSA) is 79.2 Å². The van der Waals surface area contributed by atoms with Gasteiger partial charge in [-0.25, -0.2) is 0 Å². The van der Waals surface area contributed by atoms with E-state index in [9.17, 15) is 10.1 Å². The van der Waals surface area contributed by atoms with Crippen molar-refractivity contribution in [2.45, 2.75) is 12.7 Å². The molecular formula is C15H26N4O2S. The van der Waals surface area contributed by atoms with E-state index in [0.717, 1.165) is 17.7 Å². The average Bonchev–Trinajstić information content (AvgIpc) is 2.46. The van der Waals surface area contributed by atoms with Crippen molar-refractivity contribution < 1.29 is 4.92 Å². The number of hydrogen-bond donors (Lipinski definition) is 3. The van der Waals surface area contributed by atoms with Crippen LogP contribution in [-0.4, -0.2) is 38.4 Å². The Morgan fingerprint density at radius 2 is 2.05 bits per heavy atom. The summed E-state index contributed by atoms with van der Waals surface area (Å²) in [5.41, 5.74) is 2.57. The van der Waals surface area contributed by atoms with E-state index < -0.39 is 4.92 Å². The smallest absolute Gasteiger partial charge is 0.274 e. The van der Waals surface area contributed by atoms with Crippen LogP contribution in [0.5, 0.6) is 0 Å². The van der Waals surface area contributed by atoms with Gasteiger partial charge in [-0.05, 0) is 26.6 Å². The van der Waals surface area contributed by atoms with Crippen LogP contribution in [0.15, 0.2) is 36.3 Å². The maximum atomic E-state index is 10.3. The van der Waals surface area contributed by atoms with Crippen molar-refractivity contribution in [1.82, 2.24) is 16.0 Å². The molecular weight excluding hydrogens is 300 g/mol. The van der Waals surface area contributed by atoms with Crippen LogP contribution in [0.2, 0.25) is 0 Å². The Labute approximate surface area is 136 Å². The highest BCUT2D eigenvalue weighted by atomic mass is 32.2. The molecule has 0 heterocycles. The van der Waals surface area contributed by atoms with Gasteiger partial charge in [0.15, 0.2) is 5.82 Å². The molecule has 0 aliphatic heterocycles. The van der Waals surface area contributed by atoms with Crippen molar-refractivity contribution in [3.05, 3.63) is 57.5 Å². The number of nitrogens with zero attached hydrogens (tertiary/aromatic N) is 1. The number of nitrogens with one attached hydrogen (secondary N) is 3. The van der Waals surface area contributed by atoms with Gasteiger partial charge in [-0.15, -0.1) is 0 Å². The van der Waals surface area contributed by atoms with Crippen molar-refractivity contribution in [3.8, 4) is 0 Å². The van der Waals surface area contributed by atoms with Crippen molar-refractivity contribution in [1.29, 1.82) is 0 Å². The molecule has 7 heteroatoms. The lowest BCUT2D eigenvalue weighted by Crippen LogP contribution is -2.26. The predicted octanol–water partition coefficient (Wildman–Crippen LogP) is 1.95. The van der Waals surface area contributed by atoms with Crippen LogP contribution in [0.25, 0.3) is 0 Å². The van der Waals surface area contributed by atoms with Gasteiger partial charge in [0, 0.05) is 25.1 Å². The summed E-state index contributed by atoms with van der Waals surface area (Å²) in [7, 11) is 5.40. The minimum atomic E-state index is -0.473. The molecule has 6 nitrogen and oxygen atoms in total. The summed E-state index contributed by atoms with van der Waals surface area (Å²) in [4.78, 5) is 9.84. The third-order valence-electron chi connectivity index (χ3n) is 2.42. The van der Waals surface area contributed by atoms with Gasteiger partial charge >= 0.3 is 0 Å². The molecule has 1 aromatic rings. The molecule has 0 aromatic heterocycles. The van der Waals surface area contributed by atoms with E-state index in [0.29, 0.717) is 12.4 Å². The number of hydrogen-bond acceptors (Lipinski definition) is 6. The molecule has 0 aliphatic carbocycles. The number of thioether (sulfide) groups is 1. The number of nitro groups is 1. The van der Waals surface area contributed by atoms with E-state index in [1.807, 2.05) is 14.1 Å². The van der Waals surface area contributed by atoms with Crippen molar-refractivity contribution in [2.24, 2.45) is 0 Å². The van der Waals surface area contributed by atoms with Crippen LogP contribution in [-0.2, 0) is 5.75 Å². The fraction of sp³-hybridized carbons (Fsp3) is 0.467. The summed E-state index contributed by atoms with van der Waals surface area (Å²) >= 11 is 1.80. The fourth-order valence-corrected chi connectivity index (χ4v) is 2.36. The van der Waals surface area contributed by atoms with Crippen LogP contribution in [0.1, 0.15) is 11.1 Å².